The highest BCUT2D eigenvalue weighted by Crippen LogP contribution is 2.26. The molecule has 1 fully saturated rings. The molecular formula is C17H23N5O3S. The van der Waals surface area contributed by atoms with Gasteiger partial charge in [0.15, 0.2) is 5.03 Å². The highest BCUT2D eigenvalue weighted by molar-refractivity contribution is 7.89. The smallest absolute Gasteiger partial charge is 0.260 e. The van der Waals surface area contributed by atoms with Crippen LogP contribution in [0.2, 0.25) is 0 Å². The maximum absolute atomic E-state index is 12.4. The lowest BCUT2D eigenvalue weighted by Gasteiger charge is -2.16. The van der Waals surface area contributed by atoms with Crippen molar-refractivity contribution in [2.45, 2.75) is 23.9 Å². The second-order valence-electron chi connectivity index (χ2n) is 6.54. The minimum Gasteiger partial charge on any atom is -0.339 e. The number of nitrogens with one attached hydrogen (secondary N) is 1. The second kappa shape index (κ2) is 7.18. The van der Waals surface area contributed by atoms with Crippen molar-refractivity contribution in [3.63, 3.8) is 0 Å². The Morgan fingerprint density at radius 1 is 1.31 bits per heavy atom. The third-order valence-electron chi connectivity index (χ3n) is 4.72. The monoisotopic (exact) mass is 377 g/mol. The van der Waals surface area contributed by atoms with Crippen LogP contribution in [0.25, 0.3) is 0 Å². The molecule has 0 radical (unpaired) electrons. The van der Waals surface area contributed by atoms with Crippen LogP contribution in [0.4, 0.5) is 0 Å². The number of rotatable bonds is 5. The van der Waals surface area contributed by atoms with Gasteiger partial charge in [0, 0.05) is 38.3 Å². The summed E-state index contributed by atoms with van der Waals surface area (Å²) >= 11 is 0. The predicted octanol–water partition coefficient (Wildman–Crippen LogP) is -0.0399. The van der Waals surface area contributed by atoms with Crippen LogP contribution in [0.15, 0.2) is 41.6 Å². The molecule has 9 heteroatoms. The van der Waals surface area contributed by atoms with E-state index in [1.54, 1.807) is 23.4 Å². The van der Waals surface area contributed by atoms with Gasteiger partial charge < -0.3 is 15.2 Å². The molecule has 140 valence electrons. The molecule has 0 aliphatic carbocycles. The lowest BCUT2D eigenvalue weighted by Crippen LogP contribution is -2.40. The fraction of sp³-hybridized carbons (Fsp3) is 0.412. The van der Waals surface area contributed by atoms with Gasteiger partial charge in [-0.15, -0.1) is 0 Å². The van der Waals surface area contributed by atoms with Gasteiger partial charge in [-0.1, -0.05) is 30.3 Å². The highest BCUT2D eigenvalue weighted by Gasteiger charge is 2.34. The van der Waals surface area contributed by atoms with Gasteiger partial charge in [0.25, 0.3) is 10.0 Å². The Balaban J connectivity index is 1.62. The van der Waals surface area contributed by atoms with Crippen LogP contribution >= 0.6 is 0 Å². The molecule has 0 spiro atoms. The zero-order chi connectivity index (χ0) is 18.9. The summed E-state index contributed by atoms with van der Waals surface area (Å²) in [6, 6.07) is 9.62. The largest absolute Gasteiger partial charge is 0.339 e. The van der Waals surface area contributed by atoms with Gasteiger partial charge in [0.1, 0.15) is 5.82 Å². The molecule has 0 unspecified atom stereocenters. The minimum absolute atomic E-state index is 0.0511. The summed E-state index contributed by atoms with van der Waals surface area (Å²) in [5.41, 5.74) is 7.27. The van der Waals surface area contributed by atoms with Crippen molar-refractivity contribution in [2.24, 2.45) is 12.8 Å². The summed E-state index contributed by atoms with van der Waals surface area (Å²) in [6.45, 7) is 2.28. The number of benzene rings is 1. The molecule has 3 rings (SSSR count). The number of amides is 1. The van der Waals surface area contributed by atoms with E-state index in [2.05, 4.69) is 9.71 Å². The number of sulfonamides is 1. The van der Waals surface area contributed by atoms with E-state index in [4.69, 9.17) is 5.73 Å². The van der Waals surface area contributed by atoms with Crippen LogP contribution in [-0.2, 0) is 21.9 Å². The summed E-state index contributed by atoms with van der Waals surface area (Å²) in [7, 11) is -2.12. The minimum atomic E-state index is -3.83. The lowest BCUT2D eigenvalue weighted by atomic mass is 9.95. The molecule has 8 nitrogen and oxygen atoms in total. The van der Waals surface area contributed by atoms with E-state index in [-0.39, 0.29) is 29.4 Å². The number of carbonyl (C=O) groups is 1. The third-order valence-corrected chi connectivity index (χ3v) is 5.99. The van der Waals surface area contributed by atoms with Crippen molar-refractivity contribution >= 4 is 15.9 Å². The number of aromatic nitrogens is 2. The summed E-state index contributed by atoms with van der Waals surface area (Å²) in [5.74, 6) is 0.332. The number of nitrogens with zero attached hydrogens (tertiary/aromatic N) is 3. The number of hydrogen-bond acceptors (Lipinski definition) is 5. The van der Waals surface area contributed by atoms with Gasteiger partial charge in [0.05, 0.1) is 6.54 Å². The number of nitrogens with two attached hydrogens (primary N) is 1. The molecule has 1 aromatic heterocycles. The van der Waals surface area contributed by atoms with Gasteiger partial charge in [-0.2, -0.15) is 0 Å². The maximum Gasteiger partial charge on any atom is 0.260 e. The van der Waals surface area contributed by atoms with Gasteiger partial charge in [-0.25, -0.2) is 18.1 Å². The van der Waals surface area contributed by atoms with E-state index in [1.165, 1.54) is 6.20 Å². The van der Waals surface area contributed by atoms with Crippen LogP contribution in [0.5, 0.6) is 0 Å². The molecular weight excluding hydrogens is 354 g/mol. The molecule has 1 aliphatic rings. The van der Waals surface area contributed by atoms with Crippen LogP contribution in [0.3, 0.4) is 0 Å². The molecule has 2 heterocycles. The van der Waals surface area contributed by atoms with E-state index < -0.39 is 10.0 Å². The van der Waals surface area contributed by atoms with Crippen molar-refractivity contribution < 1.29 is 13.2 Å². The maximum atomic E-state index is 12.4. The van der Waals surface area contributed by atoms with E-state index in [9.17, 15) is 13.2 Å². The molecule has 2 atom stereocenters. The van der Waals surface area contributed by atoms with Gasteiger partial charge in [0.2, 0.25) is 5.91 Å². The van der Waals surface area contributed by atoms with Crippen LogP contribution in [0, 0.1) is 6.92 Å². The SMILES string of the molecule is Cc1nc(S(=O)(=O)NCC(=O)N2C[C@@H](N)[C@H](c3ccccc3)C2)cn1C. The summed E-state index contributed by atoms with van der Waals surface area (Å²) in [5, 5.41) is -0.0921. The average molecular weight is 377 g/mol. The highest BCUT2D eigenvalue weighted by atomic mass is 32.2. The molecule has 1 aliphatic heterocycles. The number of imidazole rings is 1. The average Bonchev–Trinajstić information content (AvgIpc) is 3.17. The third kappa shape index (κ3) is 3.79. The normalized spacial score (nSPS) is 20.5. The van der Waals surface area contributed by atoms with Crippen molar-refractivity contribution in [1.82, 2.24) is 19.2 Å². The quantitative estimate of drug-likeness (QED) is 0.760. The van der Waals surface area contributed by atoms with Crippen LogP contribution < -0.4 is 10.5 Å². The van der Waals surface area contributed by atoms with Gasteiger partial charge >= 0.3 is 0 Å². The van der Waals surface area contributed by atoms with Crippen molar-refractivity contribution in [1.29, 1.82) is 0 Å². The summed E-state index contributed by atoms with van der Waals surface area (Å²) in [4.78, 5) is 18.0. The molecule has 2 aromatic rings. The van der Waals surface area contributed by atoms with E-state index in [0.717, 1.165) is 5.56 Å². The number of hydrogen-bond donors (Lipinski definition) is 2. The molecule has 1 saturated heterocycles. The van der Waals surface area contributed by atoms with E-state index >= 15 is 0 Å². The molecule has 26 heavy (non-hydrogen) atoms. The van der Waals surface area contributed by atoms with Gasteiger partial charge in [-0.05, 0) is 12.5 Å². The zero-order valence-electron chi connectivity index (χ0n) is 14.8. The van der Waals surface area contributed by atoms with Gasteiger partial charge in [-0.3, -0.25) is 4.79 Å². The molecule has 0 saturated carbocycles. The fourth-order valence-corrected chi connectivity index (χ4v) is 4.09. The first kappa shape index (κ1) is 18.6. The fourth-order valence-electron chi connectivity index (χ4n) is 3.08. The Labute approximate surface area is 153 Å². The Morgan fingerprint density at radius 3 is 2.62 bits per heavy atom. The summed E-state index contributed by atoms with van der Waals surface area (Å²) in [6.07, 6.45) is 1.42. The Kier molecular flexibility index (Phi) is 5.12. The number of carbonyl (C=O) groups excluding carboxylic acids is 1. The Bertz CT molecular complexity index is 875. The molecule has 1 aromatic carbocycles. The van der Waals surface area contributed by atoms with Crippen molar-refractivity contribution in [3.8, 4) is 0 Å². The molecule has 3 N–H and O–H groups in total. The van der Waals surface area contributed by atoms with Crippen LogP contribution in [0.1, 0.15) is 17.3 Å². The lowest BCUT2D eigenvalue weighted by molar-refractivity contribution is -0.128. The first-order valence-electron chi connectivity index (χ1n) is 8.36. The Hall–Kier alpha value is -2.23. The zero-order valence-corrected chi connectivity index (χ0v) is 15.6. The number of likely N-dealkylation sites (tertiary alicyclic amines) is 1. The summed E-state index contributed by atoms with van der Waals surface area (Å²) < 4.78 is 28.5. The van der Waals surface area contributed by atoms with Crippen molar-refractivity contribution in [3.05, 3.63) is 47.9 Å². The second-order valence-corrected chi connectivity index (χ2v) is 8.26. The first-order chi connectivity index (χ1) is 12.3. The predicted molar refractivity (Wildman–Crippen MR) is 96.9 cm³/mol. The Morgan fingerprint density at radius 2 is 2.00 bits per heavy atom. The first-order valence-corrected chi connectivity index (χ1v) is 9.84. The standard InChI is InChI=1S/C17H23N5O3S/c1-12-20-16(11-21(12)2)26(24,25)19-8-17(23)22-9-14(15(18)10-22)13-6-4-3-5-7-13/h3-7,11,14-15,19H,8-10,18H2,1-2H3/t14-,15+/m0/s1. The van der Waals surface area contributed by atoms with E-state index in [0.29, 0.717) is 18.9 Å². The topological polar surface area (TPSA) is 110 Å². The molecule has 0 bridgehead atoms. The van der Waals surface area contributed by atoms with E-state index in [1.807, 2.05) is 30.3 Å². The van der Waals surface area contributed by atoms with Crippen molar-refractivity contribution in [2.75, 3.05) is 19.6 Å². The van der Waals surface area contributed by atoms with Crippen LogP contribution in [-0.4, -0.2) is 54.5 Å². The molecule has 1 amide bonds. The number of aryl methyl sites for hydroxylation is 2.